The lowest BCUT2D eigenvalue weighted by molar-refractivity contribution is 0.239. The summed E-state index contributed by atoms with van der Waals surface area (Å²) in [6.07, 6.45) is 0.707. The standard InChI is InChI=1S/C10H12FNO/c11-9-3-1-2-8-7(9)4-5-12-10(8)6-13/h1-3,10,12-13H,4-6H2. The molecule has 1 aromatic carbocycles. The van der Waals surface area contributed by atoms with E-state index in [2.05, 4.69) is 5.32 Å². The topological polar surface area (TPSA) is 32.3 Å². The number of aliphatic hydroxyl groups excluding tert-OH is 1. The molecule has 2 nitrogen and oxygen atoms in total. The van der Waals surface area contributed by atoms with Gasteiger partial charge >= 0.3 is 0 Å². The molecule has 0 amide bonds. The number of halogens is 1. The second-order valence-corrected chi connectivity index (χ2v) is 3.25. The van der Waals surface area contributed by atoms with Crippen LogP contribution in [0.3, 0.4) is 0 Å². The van der Waals surface area contributed by atoms with Crippen LogP contribution in [0.4, 0.5) is 4.39 Å². The van der Waals surface area contributed by atoms with Crippen molar-refractivity contribution in [3.8, 4) is 0 Å². The van der Waals surface area contributed by atoms with Crippen LogP contribution in [0.15, 0.2) is 18.2 Å². The zero-order valence-corrected chi connectivity index (χ0v) is 7.26. The fourth-order valence-corrected chi connectivity index (χ4v) is 1.81. The van der Waals surface area contributed by atoms with Gasteiger partial charge in [-0.25, -0.2) is 4.39 Å². The fourth-order valence-electron chi connectivity index (χ4n) is 1.81. The molecule has 0 fully saturated rings. The molecule has 1 heterocycles. The Balaban J connectivity index is 2.45. The van der Waals surface area contributed by atoms with Crippen LogP contribution >= 0.6 is 0 Å². The van der Waals surface area contributed by atoms with E-state index in [1.165, 1.54) is 6.07 Å². The minimum absolute atomic E-state index is 0.0243. The first kappa shape index (κ1) is 8.66. The molecular weight excluding hydrogens is 169 g/mol. The Labute approximate surface area is 76.4 Å². The lowest BCUT2D eigenvalue weighted by Gasteiger charge is -2.25. The van der Waals surface area contributed by atoms with Crippen LogP contribution in [-0.4, -0.2) is 18.3 Å². The van der Waals surface area contributed by atoms with Crippen molar-refractivity contribution in [1.29, 1.82) is 0 Å². The SMILES string of the molecule is OCC1NCCc2c(F)cccc21. The van der Waals surface area contributed by atoms with Crippen molar-refractivity contribution in [2.45, 2.75) is 12.5 Å². The van der Waals surface area contributed by atoms with Gasteiger partial charge in [-0.3, -0.25) is 0 Å². The van der Waals surface area contributed by atoms with Crippen molar-refractivity contribution in [2.75, 3.05) is 13.2 Å². The van der Waals surface area contributed by atoms with Crippen LogP contribution in [0.2, 0.25) is 0 Å². The number of fused-ring (bicyclic) bond motifs is 1. The number of nitrogens with one attached hydrogen (secondary N) is 1. The van der Waals surface area contributed by atoms with Crippen LogP contribution in [-0.2, 0) is 6.42 Å². The molecule has 0 saturated heterocycles. The molecule has 2 rings (SSSR count). The zero-order chi connectivity index (χ0) is 9.26. The van der Waals surface area contributed by atoms with Crippen LogP contribution in [0.1, 0.15) is 17.2 Å². The molecule has 0 radical (unpaired) electrons. The van der Waals surface area contributed by atoms with E-state index >= 15 is 0 Å². The molecule has 0 bridgehead atoms. The minimum Gasteiger partial charge on any atom is -0.394 e. The first-order chi connectivity index (χ1) is 6.33. The van der Waals surface area contributed by atoms with Gasteiger partial charge in [-0.05, 0) is 30.2 Å². The maximum absolute atomic E-state index is 13.3. The summed E-state index contributed by atoms with van der Waals surface area (Å²) in [5.74, 6) is -0.155. The van der Waals surface area contributed by atoms with Gasteiger partial charge in [-0.1, -0.05) is 12.1 Å². The van der Waals surface area contributed by atoms with Gasteiger partial charge in [0, 0.05) is 0 Å². The van der Waals surface area contributed by atoms with Crippen LogP contribution in [0, 0.1) is 5.82 Å². The molecule has 0 spiro atoms. The molecule has 70 valence electrons. The lowest BCUT2D eigenvalue weighted by atomic mass is 9.94. The lowest BCUT2D eigenvalue weighted by Crippen LogP contribution is -2.32. The highest BCUT2D eigenvalue weighted by Crippen LogP contribution is 2.24. The quantitative estimate of drug-likeness (QED) is 0.677. The van der Waals surface area contributed by atoms with Gasteiger partial charge in [0.1, 0.15) is 5.82 Å². The molecule has 13 heavy (non-hydrogen) atoms. The molecule has 3 heteroatoms. The van der Waals surface area contributed by atoms with Gasteiger partial charge in [0.05, 0.1) is 12.6 Å². The Morgan fingerprint density at radius 1 is 1.54 bits per heavy atom. The summed E-state index contributed by atoms with van der Waals surface area (Å²) in [6, 6.07) is 4.92. The van der Waals surface area contributed by atoms with Crippen molar-refractivity contribution in [3.05, 3.63) is 35.1 Å². The monoisotopic (exact) mass is 181 g/mol. The summed E-state index contributed by atoms with van der Waals surface area (Å²) < 4.78 is 13.3. The normalized spacial score (nSPS) is 21.2. The second-order valence-electron chi connectivity index (χ2n) is 3.25. The minimum atomic E-state index is -0.155. The third-order valence-electron chi connectivity index (χ3n) is 2.48. The van der Waals surface area contributed by atoms with E-state index in [-0.39, 0.29) is 18.5 Å². The van der Waals surface area contributed by atoms with E-state index < -0.39 is 0 Å². The summed E-state index contributed by atoms with van der Waals surface area (Å²) in [5, 5.41) is 12.2. The number of aliphatic hydroxyl groups is 1. The van der Waals surface area contributed by atoms with E-state index in [0.717, 1.165) is 17.7 Å². The number of rotatable bonds is 1. The highest BCUT2D eigenvalue weighted by atomic mass is 19.1. The molecule has 0 aromatic heterocycles. The van der Waals surface area contributed by atoms with E-state index in [1.807, 2.05) is 6.07 Å². The number of hydrogen-bond donors (Lipinski definition) is 2. The largest absolute Gasteiger partial charge is 0.394 e. The van der Waals surface area contributed by atoms with Crippen LogP contribution in [0.25, 0.3) is 0 Å². The fraction of sp³-hybridized carbons (Fsp3) is 0.400. The number of benzene rings is 1. The summed E-state index contributed by atoms with van der Waals surface area (Å²) in [4.78, 5) is 0. The summed E-state index contributed by atoms with van der Waals surface area (Å²) in [5.41, 5.74) is 1.65. The molecule has 2 N–H and O–H groups in total. The molecular formula is C10H12FNO. The molecule has 0 saturated carbocycles. The van der Waals surface area contributed by atoms with Gasteiger partial charge < -0.3 is 10.4 Å². The summed E-state index contributed by atoms with van der Waals surface area (Å²) in [6.45, 7) is 0.760. The van der Waals surface area contributed by atoms with Crippen LogP contribution < -0.4 is 5.32 Å². The highest BCUT2D eigenvalue weighted by Gasteiger charge is 2.20. The molecule has 1 unspecified atom stereocenters. The van der Waals surface area contributed by atoms with Gasteiger partial charge in [-0.2, -0.15) is 0 Å². The number of hydrogen-bond acceptors (Lipinski definition) is 2. The van der Waals surface area contributed by atoms with E-state index in [1.54, 1.807) is 6.07 Å². The Morgan fingerprint density at radius 3 is 3.15 bits per heavy atom. The van der Waals surface area contributed by atoms with Crippen molar-refractivity contribution < 1.29 is 9.50 Å². The predicted molar refractivity (Wildman–Crippen MR) is 47.9 cm³/mol. The van der Waals surface area contributed by atoms with Crippen molar-refractivity contribution in [2.24, 2.45) is 0 Å². The molecule has 1 aliphatic heterocycles. The highest BCUT2D eigenvalue weighted by molar-refractivity contribution is 5.33. The Kier molecular flexibility index (Phi) is 2.29. The Hall–Kier alpha value is -0.930. The summed E-state index contributed by atoms with van der Waals surface area (Å²) in [7, 11) is 0. The van der Waals surface area contributed by atoms with E-state index in [9.17, 15) is 4.39 Å². The first-order valence-corrected chi connectivity index (χ1v) is 4.44. The van der Waals surface area contributed by atoms with Crippen molar-refractivity contribution in [3.63, 3.8) is 0 Å². The van der Waals surface area contributed by atoms with Crippen molar-refractivity contribution >= 4 is 0 Å². The van der Waals surface area contributed by atoms with E-state index in [0.29, 0.717) is 6.42 Å². The second kappa shape index (κ2) is 3.44. The zero-order valence-electron chi connectivity index (χ0n) is 7.26. The van der Waals surface area contributed by atoms with Crippen molar-refractivity contribution in [1.82, 2.24) is 5.32 Å². The van der Waals surface area contributed by atoms with Gasteiger partial charge in [0.25, 0.3) is 0 Å². The molecule has 1 atom stereocenters. The maximum Gasteiger partial charge on any atom is 0.126 e. The van der Waals surface area contributed by atoms with Gasteiger partial charge in [0.2, 0.25) is 0 Å². The molecule has 1 aliphatic rings. The molecule has 0 aliphatic carbocycles. The third-order valence-corrected chi connectivity index (χ3v) is 2.48. The van der Waals surface area contributed by atoms with Crippen LogP contribution in [0.5, 0.6) is 0 Å². The average Bonchev–Trinajstić information content (AvgIpc) is 2.18. The first-order valence-electron chi connectivity index (χ1n) is 4.44. The smallest absolute Gasteiger partial charge is 0.126 e. The average molecular weight is 181 g/mol. The Morgan fingerprint density at radius 2 is 2.38 bits per heavy atom. The van der Waals surface area contributed by atoms with Gasteiger partial charge in [0.15, 0.2) is 0 Å². The van der Waals surface area contributed by atoms with Gasteiger partial charge in [-0.15, -0.1) is 0 Å². The summed E-state index contributed by atoms with van der Waals surface area (Å²) >= 11 is 0. The predicted octanol–water partition coefficient (Wildman–Crippen LogP) is 1.00. The van der Waals surface area contributed by atoms with E-state index in [4.69, 9.17) is 5.11 Å². The third kappa shape index (κ3) is 1.45. The Bertz CT molecular complexity index is 314. The maximum atomic E-state index is 13.3. The molecule has 1 aromatic rings.